The number of hydrogen-bond donors (Lipinski definition) is 1. The van der Waals surface area contributed by atoms with Crippen LogP contribution in [0.15, 0.2) is 5.38 Å². The zero-order valence-electron chi connectivity index (χ0n) is 9.77. The van der Waals surface area contributed by atoms with Crippen molar-refractivity contribution in [3.8, 4) is 11.5 Å². The number of thiazole rings is 1. The molecule has 2 rings (SSSR count). The third-order valence-corrected chi connectivity index (χ3v) is 3.39. The van der Waals surface area contributed by atoms with E-state index in [2.05, 4.69) is 22.1 Å². The number of hydrogen-bond acceptors (Lipinski definition) is 5. The standard InChI is InChI=1S/C10H14N4OS2/c1-3-4-14-9(12-13-10(14)16)7-6-17-8(11-7)5-15-2/h6H,3-5H2,1-2H3,(H,13,16). The van der Waals surface area contributed by atoms with Crippen molar-refractivity contribution in [3.05, 3.63) is 15.2 Å². The fraction of sp³-hybridized carbons (Fsp3) is 0.500. The van der Waals surface area contributed by atoms with E-state index in [4.69, 9.17) is 17.0 Å². The second kappa shape index (κ2) is 5.52. The maximum atomic E-state index is 5.19. The summed E-state index contributed by atoms with van der Waals surface area (Å²) >= 11 is 6.76. The molecule has 0 radical (unpaired) electrons. The van der Waals surface area contributed by atoms with Gasteiger partial charge in [0.15, 0.2) is 10.6 Å². The van der Waals surface area contributed by atoms with E-state index >= 15 is 0 Å². The number of ether oxygens (including phenoxy) is 1. The van der Waals surface area contributed by atoms with Gasteiger partial charge in [-0.3, -0.25) is 9.67 Å². The Labute approximate surface area is 108 Å². The smallest absolute Gasteiger partial charge is 0.195 e. The molecule has 0 fully saturated rings. The Morgan fingerprint density at radius 3 is 3.12 bits per heavy atom. The molecule has 0 saturated heterocycles. The molecule has 17 heavy (non-hydrogen) atoms. The van der Waals surface area contributed by atoms with E-state index in [1.807, 2.05) is 9.95 Å². The number of aromatic amines is 1. The van der Waals surface area contributed by atoms with E-state index in [0.717, 1.165) is 29.5 Å². The van der Waals surface area contributed by atoms with Crippen LogP contribution in [0.2, 0.25) is 0 Å². The van der Waals surface area contributed by atoms with Gasteiger partial charge in [0.2, 0.25) is 0 Å². The van der Waals surface area contributed by atoms with Crippen LogP contribution in [0, 0.1) is 4.77 Å². The number of aromatic nitrogens is 4. The third kappa shape index (κ3) is 2.62. The van der Waals surface area contributed by atoms with Gasteiger partial charge in [0.05, 0.1) is 6.61 Å². The molecule has 5 nitrogen and oxygen atoms in total. The van der Waals surface area contributed by atoms with E-state index in [0.29, 0.717) is 11.4 Å². The van der Waals surface area contributed by atoms with Gasteiger partial charge in [-0.1, -0.05) is 6.92 Å². The SMILES string of the molecule is CCCn1c(-c2csc(COC)n2)n[nH]c1=S. The number of nitrogens with zero attached hydrogens (tertiary/aromatic N) is 3. The fourth-order valence-corrected chi connectivity index (χ4v) is 2.51. The van der Waals surface area contributed by atoms with Crippen LogP contribution >= 0.6 is 23.6 Å². The molecule has 2 heterocycles. The summed E-state index contributed by atoms with van der Waals surface area (Å²) in [6, 6.07) is 0. The van der Waals surface area contributed by atoms with Crippen molar-refractivity contribution < 1.29 is 4.74 Å². The lowest BCUT2D eigenvalue weighted by atomic mass is 10.4. The molecule has 0 aliphatic rings. The van der Waals surface area contributed by atoms with Gasteiger partial charge < -0.3 is 4.74 Å². The molecule has 0 aliphatic heterocycles. The maximum absolute atomic E-state index is 5.19. The highest BCUT2D eigenvalue weighted by atomic mass is 32.1. The van der Waals surface area contributed by atoms with Gasteiger partial charge in [-0.2, -0.15) is 5.10 Å². The third-order valence-electron chi connectivity index (χ3n) is 2.25. The lowest BCUT2D eigenvalue weighted by Crippen LogP contribution is -2.00. The topological polar surface area (TPSA) is 55.7 Å². The van der Waals surface area contributed by atoms with E-state index in [9.17, 15) is 0 Å². The first-order valence-corrected chi connectivity index (χ1v) is 6.64. The molecule has 0 amide bonds. The van der Waals surface area contributed by atoms with Gasteiger partial charge in [-0.25, -0.2) is 4.98 Å². The van der Waals surface area contributed by atoms with Crippen LogP contribution in [0.25, 0.3) is 11.5 Å². The zero-order valence-corrected chi connectivity index (χ0v) is 11.4. The van der Waals surface area contributed by atoms with E-state index in [-0.39, 0.29) is 0 Å². The summed E-state index contributed by atoms with van der Waals surface area (Å²) in [4.78, 5) is 4.47. The minimum absolute atomic E-state index is 0.531. The molecule has 1 N–H and O–H groups in total. The summed E-state index contributed by atoms with van der Waals surface area (Å²) in [7, 11) is 1.66. The van der Waals surface area contributed by atoms with Gasteiger partial charge in [0, 0.05) is 19.0 Å². The first-order chi connectivity index (χ1) is 8.26. The Balaban J connectivity index is 2.35. The second-order valence-corrected chi connectivity index (χ2v) is 4.89. The molecule has 2 aromatic heterocycles. The fourth-order valence-electron chi connectivity index (χ4n) is 1.55. The molecule has 0 saturated carbocycles. The summed E-state index contributed by atoms with van der Waals surface area (Å²) < 4.78 is 7.67. The lowest BCUT2D eigenvalue weighted by molar-refractivity contribution is 0.184. The predicted octanol–water partition coefficient (Wildman–Crippen LogP) is 2.62. The largest absolute Gasteiger partial charge is 0.378 e. The molecule has 0 aliphatic carbocycles. The van der Waals surface area contributed by atoms with Crippen LogP contribution < -0.4 is 0 Å². The first-order valence-electron chi connectivity index (χ1n) is 5.35. The number of nitrogens with one attached hydrogen (secondary N) is 1. The zero-order chi connectivity index (χ0) is 12.3. The molecule has 0 atom stereocenters. The van der Waals surface area contributed by atoms with Crippen LogP contribution in [-0.2, 0) is 17.9 Å². The summed E-state index contributed by atoms with van der Waals surface area (Å²) in [6.45, 7) is 3.49. The first kappa shape index (κ1) is 12.4. The molecule has 7 heteroatoms. The van der Waals surface area contributed by atoms with Crippen molar-refractivity contribution in [2.75, 3.05) is 7.11 Å². The minimum atomic E-state index is 0.531. The molecule has 0 aromatic carbocycles. The summed E-state index contributed by atoms with van der Waals surface area (Å²) in [5.41, 5.74) is 0.850. The monoisotopic (exact) mass is 270 g/mol. The Hall–Kier alpha value is -1.05. The van der Waals surface area contributed by atoms with Crippen LogP contribution in [-0.4, -0.2) is 26.9 Å². The molecule has 0 spiro atoms. The Bertz CT molecular complexity index is 542. The predicted molar refractivity (Wildman–Crippen MR) is 69.5 cm³/mol. The van der Waals surface area contributed by atoms with Crippen molar-refractivity contribution in [1.29, 1.82) is 0 Å². The Morgan fingerprint density at radius 1 is 1.59 bits per heavy atom. The molecular weight excluding hydrogens is 256 g/mol. The van der Waals surface area contributed by atoms with Gasteiger partial charge in [0.25, 0.3) is 0 Å². The normalized spacial score (nSPS) is 10.9. The molecule has 2 aromatic rings. The summed E-state index contributed by atoms with van der Waals surface area (Å²) in [5.74, 6) is 0.801. The maximum Gasteiger partial charge on any atom is 0.195 e. The number of H-pyrrole nitrogens is 1. The Kier molecular flexibility index (Phi) is 4.03. The molecule has 92 valence electrons. The lowest BCUT2D eigenvalue weighted by Gasteiger charge is -2.01. The van der Waals surface area contributed by atoms with Crippen LogP contribution in [0.4, 0.5) is 0 Å². The average molecular weight is 270 g/mol. The van der Waals surface area contributed by atoms with E-state index in [1.54, 1.807) is 18.4 Å². The number of methoxy groups -OCH3 is 1. The minimum Gasteiger partial charge on any atom is -0.378 e. The van der Waals surface area contributed by atoms with E-state index in [1.165, 1.54) is 0 Å². The van der Waals surface area contributed by atoms with Crippen molar-refractivity contribution >= 4 is 23.6 Å². The van der Waals surface area contributed by atoms with Crippen molar-refractivity contribution in [2.45, 2.75) is 26.5 Å². The van der Waals surface area contributed by atoms with E-state index < -0.39 is 0 Å². The molecule has 0 bridgehead atoms. The quantitative estimate of drug-likeness (QED) is 0.849. The van der Waals surface area contributed by atoms with Crippen LogP contribution in [0.1, 0.15) is 18.4 Å². The average Bonchev–Trinajstić information content (AvgIpc) is 2.89. The van der Waals surface area contributed by atoms with Crippen molar-refractivity contribution in [2.24, 2.45) is 0 Å². The highest BCUT2D eigenvalue weighted by Crippen LogP contribution is 2.21. The molecule has 0 unspecified atom stereocenters. The highest BCUT2D eigenvalue weighted by Gasteiger charge is 2.11. The van der Waals surface area contributed by atoms with Crippen molar-refractivity contribution in [3.63, 3.8) is 0 Å². The van der Waals surface area contributed by atoms with Gasteiger partial charge in [-0.05, 0) is 18.6 Å². The highest BCUT2D eigenvalue weighted by molar-refractivity contribution is 7.71. The van der Waals surface area contributed by atoms with Gasteiger partial charge >= 0.3 is 0 Å². The summed E-state index contributed by atoms with van der Waals surface area (Å²) in [5, 5.41) is 9.96. The molecular formula is C10H14N4OS2. The van der Waals surface area contributed by atoms with Crippen LogP contribution in [0.3, 0.4) is 0 Å². The van der Waals surface area contributed by atoms with Crippen molar-refractivity contribution in [1.82, 2.24) is 19.7 Å². The summed E-state index contributed by atoms with van der Waals surface area (Å²) in [6.07, 6.45) is 1.01. The van der Waals surface area contributed by atoms with Crippen LogP contribution in [0.5, 0.6) is 0 Å². The second-order valence-electron chi connectivity index (χ2n) is 3.56. The Morgan fingerprint density at radius 2 is 2.41 bits per heavy atom. The van der Waals surface area contributed by atoms with Gasteiger partial charge in [-0.15, -0.1) is 11.3 Å². The number of rotatable bonds is 5. The van der Waals surface area contributed by atoms with Gasteiger partial charge in [0.1, 0.15) is 10.7 Å².